The number of carboxylic acids is 1. The number of hydrogen-bond donors (Lipinski definition) is 3. The number of carboxylic acid groups (broad SMARTS) is 1. The summed E-state index contributed by atoms with van der Waals surface area (Å²) in [4.78, 5) is 10.5. The van der Waals surface area contributed by atoms with Crippen LogP contribution < -0.4 is 4.72 Å². The van der Waals surface area contributed by atoms with Gasteiger partial charge in [0.2, 0.25) is 10.0 Å². The van der Waals surface area contributed by atoms with Gasteiger partial charge in [0.25, 0.3) is 0 Å². The van der Waals surface area contributed by atoms with E-state index in [0.29, 0.717) is 0 Å². The molecular formula is C10H13NO5S2. The lowest BCUT2D eigenvalue weighted by molar-refractivity contribution is 0.0698. The predicted octanol–water partition coefficient (Wildman–Crippen LogP) is 0.497. The summed E-state index contributed by atoms with van der Waals surface area (Å²) in [6.45, 7) is 0.0751. The zero-order valence-corrected chi connectivity index (χ0v) is 11.1. The van der Waals surface area contributed by atoms with E-state index in [0.717, 1.165) is 24.2 Å². The Morgan fingerprint density at radius 1 is 1.50 bits per heavy atom. The largest absolute Gasteiger partial charge is 0.477 e. The molecule has 1 aromatic rings. The second kappa shape index (κ2) is 4.61. The van der Waals surface area contributed by atoms with Crippen molar-refractivity contribution in [1.82, 2.24) is 4.72 Å². The molecule has 0 saturated heterocycles. The van der Waals surface area contributed by atoms with Crippen LogP contribution in [0.15, 0.2) is 16.3 Å². The topological polar surface area (TPSA) is 104 Å². The Kier molecular flexibility index (Phi) is 3.45. The van der Waals surface area contributed by atoms with E-state index in [4.69, 9.17) is 10.2 Å². The van der Waals surface area contributed by atoms with Crippen molar-refractivity contribution < 1.29 is 23.4 Å². The molecule has 0 radical (unpaired) electrons. The fourth-order valence-corrected chi connectivity index (χ4v) is 3.97. The van der Waals surface area contributed by atoms with Gasteiger partial charge < -0.3 is 10.2 Å². The third-order valence-electron chi connectivity index (χ3n) is 3.04. The van der Waals surface area contributed by atoms with Gasteiger partial charge in [-0.25, -0.2) is 17.9 Å². The quantitative estimate of drug-likeness (QED) is 0.708. The van der Waals surface area contributed by atoms with Gasteiger partial charge >= 0.3 is 5.97 Å². The Balaban J connectivity index is 2.15. The normalized spacial score (nSPS) is 17.6. The van der Waals surface area contributed by atoms with E-state index in [1.54, 1.807) is 0 Å². The zero-order valence-electron chi connectivity index (χ0n) is 9.42. The van der Waals surface area contributed by atoms with Crippen molar-refractivity contribution in [2.45, 2.75) is 17.7 Å². The van der Waals surface area contributed by atoms with Gasteiger partial charge in [-0.05, 0) is 24.3 Å². The molecule has 1 saturated carbocycles. The molecule has 0 atom stereocenters. The summed E-state index contributed by atoms with van der Waals surface area (Å²) in [6, 6.07) is 1.27. The number of rotatable bonds is 6. The molecule has 6 nitrogen and oxygen atoms in total. The maximum absolute atomic E-state index is 12.0. The van der Waals surface area contributed by atoms with Crippen molar-refractivity contribution in [3.8, 4) is 0 Å². The van der Waals surface area contributed by atoms with Crippen LogP contribution in [0.1, 0.15) is 22.5 Å². The first-order valence-electron chi connectivity index (χ1n) is 5.32. The highest BCUT2D eigenvalue weighted by atomic mass is 32.2. The summed E-state index contributed by atoms with van der Waals surface area (Å²) in [5.74, 6) is -1.26. The molecule has 3 N–H and O–H groups in total. The van der Waals surface area contributed by atoms with E-state index >= 15 is 0 Å². The van der Waals surface area contributed by atoms with Crippen LogP contribution in [0.25, 0.3) is 0 Å². The molecule has 0 aliphatic heterocycles. The molecule has 2 rings (SSSR count). The Morgan fingerprint density at radius 3 is 2.67 bits per heavy atom. The molecule has 1 heterocycles. The average molecular weight is 291 g/mol. The first kappa shape index (κ1) is 13.5. The van der Waals surface area contributed by atoms with Crippen molar-refractivity contribution in [1.29, 1.82) is 0 Å². The van der Waals surface area contributed by atoms with E-state index in [1.165, 1.54) is 11.4 Å². The fourth-order valence-electron chi connectivity index (χ4n) is 1.56. The molecule has 0 aromatic carbocycles. The molecule has 100 valence electrons. The lowest BCUT2D eigenvalue weighted by atomic mass is 10.1. The van der Waals surface area contributed by atoms with E-state index in [2.05, 4.69) is 4.72 Å². The van der Waals surface area contributed by atoms with Gasteiger partial charge in [0.05, 0.1) is 0 Å². The predicted molar refractivity (Wildman–Crippen MR) is 65.2 cm³/mol. The van der Waals surface area contributed by atoms with E-state index in [1.807, 2.05) is 0 Å². The minimum Gasteiger partial charge on any atom is -0.477 e. The van der Waals surface area contributed by atoms with Crippen molar-refractivity contribution in [2.24, 2.45) is 5.41 Å². The Labute approximate surface area is 108 Å². The van der Waals surface area contributed by atoms with E-state index < -0.39 is 16.0 Å². The van der Waals surface area contributed by atoms with Crippen LogP contribution in [0, 0.1) is 5.41 Å². The molecule has 1 aliphatic rings. The lowest BCUT2D eigenvalue weighted by Gasteiger charge is -2.12. The van der Waals surface area contributed by atoms with Gasteiger partial charge in [-0.2, -0.15) is 0 Å². The maximum atomic E-state index is 12.0. The van der Waals surface area contributed by atoms with Gasteiger partial charge in [0.1, 0.15) is 9.77 Å². The lowest BCUT2D eigenvalue weighted by Crippen LogP contribution is -2.32. The zero-order chi connectivity index (χ0) is 13.4. The molecule has 1 fully saturated rings. The maximum Gasteiger partial charge on any atom is 0.347 e. The van der Waals surface area contributed by atoms with Gasteiger partial charge in [0.15, 0.2) is 0 Å². The van der Waals surface area contributed by atoms with Crippen LogP contribution in [0.5, 0.6) is 0 Å². The Morgan fingerprint density at radius 2 is 2.17 bits per heavy atom. The third-order valence-corrected chi connectivity index (χ3v) is 5.52. The summed E-state index contributed by atoms with van der Waals surface area (Å²) < 4.78 is 26.3. The Hall–Kier alpha value is -0.960. The Bertz CT molecular complexity index is 559. The summed E-state index contributed by atoms with van der Waals surface area (Å²) in [5, 5.41) is 19.4. The monoisotopic (exact) mass is 291 g/mol. The van der Waals surface area contributed by atoms with Crippen molar-refractivity contribution in [2.75, 3.05) is 13.2 Å². The van der Waals surface area contributed by atoms with E-state index in [-0.39, 0.29) is 28.3 Å². The summed E-state index contributed by atoms with van der Waals surface area (Å²) in [7, 11) is -3.83. The molecular weight excluding hydrogens is 278 g/mol. The molecule has 8 heteroatoms. The van der Waals surface area contributed by atoms with Crippen molar-refractivity contribution >= 4 is 27.3 Å². The van der Waals surface area contributed by atoms with Gasteiger partial charge in [-0.15, -0.1) is 11.3 Å². The number of carbonyl (C=O) groups is 1. The highest BCUT2D eigenvalue weighted by molar-refractivity contribution is 7.89. The van der Waals surface area contributed by atoms with E-state index in [9.17, 15) is 13.2 Å². The number of thiophene rings is 1. The molecule has 1 aromatic heterocycles. The average Bonchev–Trinajstić information content (AvgIpc) is 2.91. The van der Waals surface area contributed by atoms with Gasteiger partial charge in [-0.3, -0.25) is 0 Å². The highest BCUT2D eigenvalue weighted by Gasteiger charge is 2.43. The van der Waals surface area contributed by atoms with Crippen LogP contribution in [-0.4, -0.2) is 37.8 Å². The number of nitrogens with one attached hydrogen (secondary N) is 1. The number of aliphatic hydroxyl groups excluding tert-OH is 1. The second-order valence-corrected chi connectivity index (χ2v) is 7.05. The first-order valence-corrected chi connectivity index (χ1v) is 7.68. The first-order chi connectivity index (χ1) is 8.40. The second-order valence-electron chi connectivity index (χ2n) is 4.40. The summed E-state index contributed by atoms with van der Waals surface area (Å²) >= 11 is 0.871. The van der Waals surface area contributed by atoms with Crippen LogP contribution in [0.3, 0.4) is 0 Å². The van der Waals surface area contributed by atoms with Crippen LogP contribution in [0.4, 0.5) is 0 Å². The van der Waals surface area contributed by atoms with Crippen molar-refractivity contribution in [3.05, 3.63) is 16.3 Å². The van der Waals surface area contributed by atoms with Crippen LogP contribution >= 0.6 is 11.3 Å². The standard InChI is InChI=1S/C10H13NO5S2/c12-6-10(2-3-10)5-11-18(15,16)7-1-4-17-8(7)9(13)14/h1,4,11-12H,2-3,5-6H2,(H,13,14). The highest BCUT2D eigenvalue weighted by Crippen LogP contribution is 2.44. The molecule has 18 heavy (non-hydrogen) atoms. The molecule has 0 bridgehead atoms. The van der Waals surface area contributed by atoms with Crippen molar-refractivity contribution in [3.63, 3.8) is 0 Å². The number of sulfonamides is 1. The van der Waals surface area contributed by atoms with Crippen LogP contribution in [0.2, 0.25) is 0 Å². The number of hydrogen-bond acceptors (Lipinski definition) is 5. The van der Waals surface area contributed by atoms with Crippen LogP contribution in [-0.2, 0) is 10.0 Å². The minimum absolute atomic E-state index is 0.0645. The number of aliphatic hydroxyl groups is 1. The SMILES string of the molecule is O=C(O)c1sccc1S(=O)(=O)NCC1(CO)CC1. The van der Waals surface area contributed by atoms with Gasteiger partial charge in [0, 0.05) is 18.6 Å². The van der Waals surface area contributed by atoms with Gasteiger partial charge in [-0.1, -0.05) is 0 Å². The molecule has 0 spiro atoms. The fraction of sp³-hybridized carbons (Fsp3) is 0.500. The molecule has 1 aliphatic carbocycles. The molecule has 0 unspecified atom stereocenters. The molecule has 0 amide bonds. The number of aromatic carboxylic acids is 1. The smallest absolute Gasteiger partial charge is 0.347 e. The minimum atomic E-state index is -3.83. The third kappa shape index (κ3) is 2.56. The summed E-state index contributed by atoms with van der Waals surface area (Å²) in [5.41, 5.74) is -0.355. The summed E-state index contributed by atoms with van der Waals surface area (Å²) in [6.07, 6.45) is 1.56.